The van der Waals surface area contributed by atoms with E-state index in [0.717, 1.165) is 11.8 Å². The van der Waals surface area contributed by atoms with E-state index in [9.17, 15) is 18.0 Å². The molecule has 0 spiro atoms. The highest BCUT2D eigenvalue weighted by molar-refractivity contribution is 6.42. The van der Waals surface area contributed by atoms with E-state index in [-0.39, 0.29) is 5.56 Å². The van der Waals surface area contributed by atoms with Gasteiger partial charge in [0.2, 0.25) is 0 Å². The normalized spacial score (nSPS) is 10.2. The summed E-state index contributed by atoms with van der Waals surface area (Å²) < 4.78 is 39.6. The number of hydrogen-bond donors (Lipinski definition) is 2. The molecule has 0 heterocycles. The lowest BCUT2D eigenvalue weighted by atomic mass is 10.1. The number of hydrogen-bond acceptors (Lipinski definition) is 5. The van der Waals surface area contributed by atoms with E-state index < -0.39 is 24.3 Å². The highest BCUT2D eigenvalue weighted by atomic mass is 35.5. The number of alkyl halides is 3. The van der Waals surface area contributed by atoms with Crippen molar-refractivity contribution < 1.29 is 22.7 Å². The van der Waals surface area contributed by atoms with Gasteiger partial charge in [-0.1, -0.05) is 35.3 Å². The number of halogens is 5. The molecular weight excluding hydrogens is 394 g/mol. The van der Waals surface area contributed by atoms with Gasteiger partial charge < -0.3 is 10.2 Å². The minimum atomic E-state index is -4.86. The van der Waals surface area contributed by atoms with Crippen molar-refractivity contribution in [2.24, 2.45) is 5.84 Å². The van der Waals surface area contributed by atoms with Crippen LogP contribution in [0.4, 0.5) is 18.9 Å². The van der Waals surface area contributed by atoms with Gasteiger partial charge in [0.25, 0.3) is 0 Å². The molecule has 0 bridgehead atoms. The quantitative estimate of drug-likeness (QED) is 0.426. The smallest absolute Gasteiger partial charge is 0.405 e. The molecular formula is C16H12Cl2F3N3O2. The fraction of sp³-hybridized carbons (Fsp3) is 0.125. The number of rotatable bonds is 4. The largest absolute Gasteiger partial charge is 0.573 e. The molecule has 2 rings (SSSR count). The summed E-state index contributed by atoms with van der Waals surface area (Å²) in [5.41, 5.74) is 2.95. The molecule has 2 aromatic carbocycles. The standard InChI is InChI=1S/C10H6F3NO2.C6H6Cl2N2/c11-10(12,13)16-9-4-2-1-3-7(9)8(15)5-6-14;7-5-2-1-4(10-9)3-6(5)8/h1-4H,5H2;1-3,10H,9H2. The number of para-hydroxylation sites is 1. The summed E-state index contributed by atoms with van der Waals surface area (Å²) in [4.78, 5) is 11.3. The molecule has 2 aromatic rings. The molecule has 0 saturated carbocycles. The zero-order chi connectivity index (χ0) is 19.7. The lowest BCUT2D eigenvalue weighted by molar-refractivity contribution is -0.274. The van der Waals surface area contributed by atoms with Gasteiger partial charge >= 0.3 is 6.36 Å². The van der Waals surface area contributed by atoms with E-state index in [1.54, 1.807) is 24.3 Å². The minimum absolute atomic E-state index is 0.249. The molecule has 0 saturated heterocycles. The van der Waals surface area contributed by atoms with Crippen LogP contribution in [0.5, 0.6) is 5.75 Å². The van der Waals surface area contributed by atoms with Crippen LogP contribution in [-0.2, 0) is 0 Å². The lowest BCUT2D eigenvalue weighted by Gasteiger charge is -2.11. The Hall–Kier alpha value is -2.47. The molecule has 26 heavy (non-hydrogen) atoms. The zero-order valence-corrected chi connectivity index (χ0v) is 14.5. The van der Waals surface area contributed by atoms with Gasteiger partial charge in [0, 0.05) is 0 Å². The van der Waals surface area contributed by atoms with E-state index in [1.807, 2.05) is 0 Å². The molecule has 0 aliphatic heterocycles. The van der Waals surface area contributed by atoms with Crippen molar-refractivity contribution in [3.63, 3.8) is 0 Å². The Balaban J connectivity index is 0.000000289. The van der Waals surface area contributed by atoms with E-state index in [4.69, 9.17) is 34.3 Å². The maximum absolute atomic E-state index is 12.0. The predicted octanol–water partition coefficient (Wildman–Crippen LogP) is 4.96. The number of nitriles is 1. The van der Waals surface area contributed by atoms with Crippen LogP contribution in [0.15, 0.2) is 42.5 Å². The van der Waals surface area contributed by atoms with Gasteiger partial charge in [0.15, 0.2) is 5.78 Å². The molecule has 0 fully saturated rings. The molecule has 0 aromatic heterocycles. The number of Topliss-reactive ketones (excluding diaryl/α,β-unsaturated/α-hetero) is 1. The Morgan fingerprint density at radius 3 is 2.38 bits per heavy atom. The summed E-state index contributed by atoms with van der Waals surface area (Å²) >= 11 is 11.3. The first-order valence-electron chi connectivity index (χ1n) is 6.84. The highest BCUT2D eigenvalue weighted by Gasteiger charge is 2.32. The fourth-order valence-electron chi connectivity index (χ4n) is 1.66. The van der Waals surface area contributed by atoms with Gasteiger partial charge in [0.1, 0.15) is 5.75 Å². The summed E-state index contributed by atoms with van der Waals surface area (Å²) in [5.74, 6) is 3.82. The van der Waals surface area contributed by atoms with Crippen molar-refractivity contribution in [1.82, 2.24) is 0 Å². The third-order valence-electron chi connectivity index (χ3n) is 2.74. The van der Waals surface area contributed by atoms with Crippen LogP contribution < -0.4 is 16.0 Å². The summed E-state index contributed by atoms with van der Waals surface area (Å²) in [6.07, 6.45) is -5.35. The number of anilines is 1. The SMILES string of the molecule is N#CCC(=O)c1ccccc1OC(F)(F)F.NNc1ccc(Cl)c(Cl)c1. The first-order valence-corrected chi connectivity index (χ1v) is 7.60. The number of benzene rings is 2. The molecule has 0 unspecified atom stereocenters. The average molecular weight is 406 g/mol. The number of nitrogens with zero attached hydrogens (tertiary/aromatic N) is 1. The summed E-state index contributed by atoms with van der Waals surface area (Å²) in [5, 5.41) is 9.31. The van der Waals surface area contributed by atoms with E-state index in [2.05, 4.69) is 10.2 Å². The maximum atomic E-state index is 12.0. The number of carbonyl (C=O) groups is 1. The molecule has 0 amide bonds. The van der Waals surface area contributed by atoms with Crippen LogP contribution in [0, 0.1) is 11.3 Å². The molecule has 0 aliphatic rings. The Kier molecular flexibility index (Phi) is 8.19. The van der Waals surface area contributed by atoms with Gasteiger partial charge in [-0.05, 0) is 30.3 Å². The van der Waals surface area contributed by atoms with E-state index in [0.29, 0.717) is 10.0 Å². The summed E-state index contributed by atoms with van der Waals surface area (Å²) in [6.45, 7) is 0. The van der Waals surface area contributed by atoms with Crippen molar-refractivity contribution in [2.75, 3.05) is 5.43 Å². The molecule has 0 atom stereocenters. The monoisotopic (exact) mass is 405 g/mol. The van der Waals surface area contributed by atoms with Crippen LogP contribution in [0.1, 0.15) is 16.8 Å². The lowest BCUT2D eigenvalue weighted by Crippen LogP contribution is -2.19. The molecule has 0 radical (unpaired) electrons. The molecule has 0 aliphatic carbocycles. The Labute approximate surface area is 157 Å². The van der Waals surface area contributed by atoms with Crippen molar-refractivity contribution >= 4 is 34.7 Å². The van der Waals surface area contributed by atoms with Crippen LogP contribution in [0.2, 0.25) is 10.0 Å². The number of ether oxygens (including phenoxy) is 1. The number of nitrogens with one attached hydrogen (secondary N) is 1. The Morgan fingerprint density at radius 2 is 1.85 bits per heavy atom. The summed E-state index contributed by atoms with van der Waals surface area (Å²) in [7, 11) is 0. The van der Waals surface area contributed by atoms with Crippen molar-refractivity contribution in [3.8, 4) is 11.8 Å². The highest BCUT2D eigenvalue weighted by Crippen LogP contribution is 2.27. The Morgan fingerprint density at radius 1 is 1.19 bits per heavy atom. The first kappa shape index (κ1) is 21.6. The topological polar surface area (TPSA) is 88.1 Å². The second kappa shape index (κ2) is 9.87. The minimum Gasteiger partial charge on any atom is -0.405 e. The van der Waals surface area contributed by atoms with Crippen LogP contribution >= 0.6 is 23.2 Å². The van der Waals surface area contributed by atoms with E-state index >= 15 is 0 Å². The fourth-order valence-corrected chi connectivity index (χ4v) is 1.96. The second-order valence-electron chi connectivity index (χ2n) is 4.58. The maximum Gasteiger partial charge on any atom is 0.573 e. The number of ketones is 1. The molecule has 3 N–H and O–H groups in total. The summed E-state index contributed by atoms with van der Waals surface area (Å²) in [6, 6.07) is 11.6. The van der Waals surface area contributed by atoms with Gasteiger partial charge in [-0.15, -0.1) is 13.2 Å². The second-order valence-corrected chi connectivity index (χ2v) is 5.39. The third kappa shape index (κ3) is 7.19. The van der Waals surface area contributed by atoms with Gasteiger partial charge in [-0.3, -0.25) is 10.6 Å². The van der Waals surface area contributed by atoms with Crippen LogP contribution in [0.3, 0.4) is 0 Å². The molecule has 5 nitrogen and oxygen atoms in total. The average Bonchev–Trinajstić information content (AvgIpc) is 2.57. The number of hydrazine groups is 1. The third-order valence-corrected chi connectivity index (χ3v) is 3.48. The van der Waals surface area contributed by atoms with Crippen LogP contribution in [-0.4, -0.2) is 12.1 Å². The number of nitrogens with two attached hydrogens (primary N) is 1. The van der Waals surface area contributed by atoms with Crippen molar-refractivity contribution in [1.29, 1.82) is 5.26 Å². The first-order chi connectivity index (χ1) is 12.2. The van der Waals surface area contributed by atoms with Crippen LogP contribution in [0.25, 0.3) is 0 Å². The van der Waals surface area contributed by atoms with Gasteiger partial charge in [0.05, 0.1) is 33.8 Å². The van der Waals surface area contributed by atoms with Crippen molar-refractivity contribution in [2.45, 2.75) is 12.8 Å². The number of carbonyl (C=O) groups excluding carboxylic acids is 1. The predicted molar refractivity (Wildman–Crippen MR) is 92.0 cm³/mol. The van der Waals surface area contributed by atoms with Gasteiger partial charge in [-0.25, -0.2) is 0 Å². The van der Waals surface area contributed by atoms with E-state index in [1.165, 1.54) is 18.2 Å². The zero-order valence-electron chi connectivity index (χ0n) is 13.0. The van der Waals surface area contributed by atoms with Gasteiger partial charge in [-0.2, -0.15) is 5.26 Å². The van der Waals surface area contributed by atoms with Crippen molar-refractivity contribution in [3.05, 3.63) is 58.1 Å². The molecule has 138 valence electrons. The number of nitrogen functional groups attached to an aromatic ring is 1. The Bertz CT molecular complexity index is 808. The molecule has 10 heteroatoms.